The average molecular weight is 313 g/mol. The smallest absolute Gasteiger partial charge is 1.00 e. The van der Waals surface area contributed by atoms with Crippen molar-refractivity contribution < 1.29 is 55.8 Å². The van der Waals surface area contributed by atoms with Gasteiger partial charge in [-0.1, -0.05) is 42.8 Å². The van der Waals surface area contributed by atoms with Gasteiger partial charge in [0.25, 0.3) is 0 Å². The molecule has 0 saturated heterocycles. The predicted molar refractivity (Wildman–Crippen MR) is 52.2 cm³/mol. The predicted octanol–water partition coefficient (Wildman–Crippen LogP) is -5.61. The fourth-order valence-corrected chi connectivity index (χ4v) is 1.37. The third kappa shape index (κ3) is 5.38. The van der Waals surface area contributed by atoms with E-state index in [2.05, 4.69) is 49.4 Å². The zero-order valence-electron chi connectivity index (χ0n) is 8.70. The van der Waals surface area contributed by atoms with E-state index >= 15 is 0 Å². The summed E-state index contributed by atoms with van der Waals surface area (Å²) in [6.07, 6.45) is 0. The molecule has 0 heterocycles. The Balaban J connectivity index is -0.000000422. The van der Waals surface area contributed by atoms with Crippen LogP contribution in [0.4, 0.5) is 0 Å². The summed E-state index contributed by atoms with van der Waals surface area (Å²) in [7, 11) is 0. The van der Waals surface area contributed by atoms with Gasteiger partial charge in [0.05, 0.1) is 0 Å². The van der Waals surface area contributed by atoms with Gasteiger partial charge in [0.15, 0.2) is 0 Å². The Morgan fingerprint density at radius 1 is 0.812 bits per heavy atom. The van der Waals surface area contributed by atoms with Crippen LogP contribution >= 0.6 is 0 Å². The van der Waals surface area contributed by atoms with E-state index in [0.717, 1.165) is 0 Å². The van der Waals surface area contributed by atoms with E-state index in [1.807, 2.05) is 6.07 Å². The molecule has 0 atom stereocenters. The van der Waals surface area contributed by atoms with Crippen LogP contribution in [0.5, 0.6) is 0 Å². The van der Waals surface area contributed by atoms with Gasteiger partial charge in [0.2, 0.25) is 0 Å². The van der Waals surface area contributed by atoms with Crippen molar-refractivity contribution in [3.05, 3.63) is 54.1 Å². The normalized spacial score (nSPS) is 7.56. The maximum Gasteiger partial charge on any atom is 4.00 e. The Kier molecular flexibility index (Phi) is 13.6. The van der Waals surface area contributed by atoms with Gasteiger partial charge in [-0.15, -0.1) is 0 Å². The quantitative estimate of drug-likeness (QED) is 0.461. The van der Waals surface area contributed by atoms with Crippen molar-refractivity contribution in [3.63, 3.8) is 0 Å². The standard InChI is InChI=1S/C12H11.3ClH.V/c1-10-7-8-12(9-10)11-5-3-2-4-6-11;;;;/h2-9H,1H3;3*1H;/q-1;;;;+4/p-3. The molecular weight excluding hydrogens is 301 g/mol. The summed E-state index contributed by atoms with van der Waals surface area (Å²) in [6.45, 7) is 2.12. The summed E-state index contributed by atoms with van der Waals surface area (Å²) in [5.41, 5.74) is 3.94. The van der Waals surface area contributed by atoms with Crippen LogP contribution in [-0.4, -0.2) is 0 Å². The minimum atomic E-state index is 0. The molecule has 0 unspecified atom stereocenters. The molecule has 4 heteroatoms. The second-order valence-electron chi connectivity index (χ2n) is 3.04. The first-order valence-electron chi connectivity index (χ1n) is 4.15. The summed E-state index contributed by atoms with van der Waals surface area (Å²) in [6, 6.07) is 16.9. The van der Waals surface area contributed by atoms with Gasteiger partial charge in [-0.05, 0) is 0 Å². The van der Waals surface area contributed by atoms with Gasteiger partial charge in [-0.25, -0.2) is 6.07 Å². The zero-order valence-corrected chi connectivity index (χ0v) is 12.4. The molecule has 16 heavy (non-hydrogen) atoms. The van der Waals surface area contributed by atoms with Crippen LogP contribution in [0.15, 0.2) is 48.5 Å². The molecule has 0 aliphatic rings. The number of rotatable bonds is 1. The fourth-order valence-electron chi connectivity index (χ4n) is 1.37. The van der Waals surface area contributed by atoms with Crippen LogP contribution in [0, 0.1) is 6.92 Å². The Labute approximate surface area is 127 Å². The van der Waals surface area contributed by atoms with Crippen LogP contribution < -0.4 is 37.2 Å². The minimum Gasteiger partial charge on any atom is -1.00 e. The molecule has 0 N–H and O–H groups in total. The monoisotopic (exact) mass is 311 g/mol. The molecule has 0 aliphatic heterocycles. The van der Waals surface area contributed by atoms with Gasteiger partial charge >= 0.3 is 18.6 Å². The Bertz CT molecular complexity index is 371. The van der Waals surface area contributed by atoms with Crippen LogP contribution in [0.25, 0.3) is 11.1 Å². The molecular formula is C12H11Cl3V. The molecule has 1 radical (unpaired) electrons. The van der Waals surface area contributed by atoms with E-state index in [-0.39, 0.29) is 55.8 Å². The van der Waals surface area contributed by atoms with Crippen molar-refractivity contribution >= 4 is 0 Å². The Hall–Kier alpha value is 0.0244. The summed E-state index contributed by atoms with van der Waals surface area (Å²) < 4.78 is 0. The molecule has 2 aromatic carbocycles. The molecule has 85 valence electrons. The third-order valence-electron chi connectivity index (χ3n) is 2.02. The molecule has 0 aliphatic carbocycles. The van der Waals surface area contributed by atoms with E-state index in [4.69, 9.17) is 0 Å². The number of benzene rings is 1. The third-order valence-corrected chi connectivity index (χ3v) is 2.02. The van der Waals surface area contributed by atoms with Crippen LogP contribution in [0.3, 0.4) is 0 Å². The number of aryl methyl sites for hydroxylation is 1. The van der Waals surface area contributed by atoms with Gasteiger partial charge in [-0.2, -0.15) is 23.3 Å². The Morgan fingerprint density at radius 3 is 1.81 bits per heavy atom. The van der Waals surface area contributed by atoms with Crippen LogP contribution in [-0.2, 0) is 18.6 Å². The van der Waals surface area contributed by atoms with E-state index in [1.54, 1.807) is 0 Å². The molecule has 0 fully saturated rings. The van der Waals surface area contributed by atoms with Gasteiger partial charge in [-0.3, -0.25) is 0 Å². The van der Waals surface area contributed by atoms with Crippen LogP contribution in [0.1, 0.15) is 5.56 Å². The van der Waals surface area contributed by atoms with E-state index in [1.165, 1.54) is 16.7 Å². The maximum absolute atomic E-state index is 2.20. The largest absolute Gasteiger partial charge is 4.00 e. The van der Waals surface area contributed by atoms with Crippen molar-refractivity contribution in [2.75, 3.05) is 0 Å². The second-order valence-corrected chi connectivity index (χ2v) is 3.04. The first kappa shape index (κ1) is 21.3. The molecule has 0 spiro atoms. The molecule has 0 aromatic heterocycles. The number of hydrogen-bond donors (Lipinski definition) is 0. The fraction of sp³-hybridized carbons (Fsp3) is 0.0833. The first-order chi connectivity index (χ1) is 5.86. The number of hydrogen-bond acceptors (Lipinski definition) is 0. The first-order valence-corrected chi connectivity index (χ1v) is 4.15. The van der Waals surface area contributed by atoms with E-state index < -0.39 is 0 Å². The second kappa shape index (κ2) is 10.2. The van der Waals surface area contributed by atoms with Crippen molar-refractivity contribution in [1.82, 2.24) is 0 Å². The summed E-state index contributed by atoms with van der Waals surface area (Å²) in [5, 5.41) is 0. The maximum atomic E-state index is 2.20. The van der Waals surface area contributed by atoms with Crippen molar-refractivity contribution in [2.24, 2.45) is 0 Å². The topological polar surface area (TPSA) is 0 Å². The van der Waals surface area contributed by atoms with Crippen molar-refractivity contribution in [2.45, 2.75) is 6.92 Å². The molecule has 2 aromatic rings. The molecule has 0 amide bonds. The van der Waals surface area contributed by atoms with Gasteiger partial charge in [0.1, 0.15) is 0 Å². The van der Waals surface area contributed by atoms with Crippen LogP contribution in [0.2, 0.25) is 0 Å². The van der Waals surface area contributed by atoms with E-state index in [0.29, 0.717) is 0 Å². The zero-order chi connectivity index (χ0) is 8.39. The minimum absolute atomic E-state index is 0. The molecule has 0 nitrogen and oxygen atoms in total. The number of halogens is 3. The summed E-state index contributed by atoms with van der Waals surface area (Å²) in [4.78, 5) is 0. The van der Waals surface area contributed by atoms with Gasteiger partial charge in [0, 0.05) is 0 Å². The van der Waals surface area contributed by atoms with Gasteiger partial charge < -0.3 is 37.2 Å². The van der Waals surface area contributed by atoms with Crippen molar-refractivity contribution in [3.8, 4) is 11.1 Å². The Morgan fingerprint density at radius 2 is 1.38 bits per heavy atom. The molecule has 0 saturated carbocycles. The molecule has 0 bridgehead atoms. The van der Waals surface area contributed by atoms with Crippen molar-refractivity contribution in [1.29, 1.82) is 0 Å². The SMILES string of the molecule is C[c-]1ccc(-c2ccccc2)c1.[Cl-].[Cl-].[Cl-].[V+4]. The van der Waals surface area contributed by atoms with E-state index in [9.17, 15) is 0 Å². The molecule has 2 rings (SSSR count). The summed E-state index contributed by atoms with van der Waals surface area (Å²) >= 11 is 0. The summed E-state index contributed by atoms with van der Waals surface area (Å²) in [5.74, 6) is 0. The average Bonchev–Trinajstić information content (AvgIpc) is 2.54.